The molecule has 0 heterocycles. The number of carbonyl (C=O) groups excluding carboxylic acids is 1. The van der Waals surface area contributed by atoms with E-state index in [2.05, 4.69) is 4.18 Å². The van der Waals surface area contributed by atoms with E-state index in [0.29, 0.717) is 0 Å². The summed E-state index contributed by atoms with van der Waals surface area (Å²) in [5.74, 6) is -0.302. The van der Waals surface area contributed by atoms with Crippen molar-refractivity contribution in [1.29, 1.82) is 0 Å². The summed E-state index contributed by atoms with van der Waals surface area (Å²) in [7, 11) is -3.83. The molecule has 0 N–H and O–H groups in total. The van der Waals surface area contributed by atoms with E-state index in [0.717, 1.165) is 0 Å². The maximum Gasteiger partial charge on any atom is 0.524 e. The maximum atomic E-state index is 11.2. The molecule has 0 aliphatic rings. The van der Waals surface area contributed by atoms with Crippen LogP contribution in [0.4, 0.5) is 4.79 Å². The Hall–Kier alpha value is -0.780. The average Bonchev–Trinajstić information content (AvgIpc) is 1.73. The standard InChI is InChI=1S/C9H18O5S/c1-7(2)6-15(11,12)14-8(10)13-9(3,4)5/h7H,6H2,1-5H3. The van der Waals surface area contributed by atoms with Crippen molar-refractivity contribution in [3.05, 3.63) is 0 Å². The van der Waals surface area contributed by atoms with E-state index in [9.17, 15) is 13.2 Å². The normalized spacial score (nSPS) is 12.7. The molecule has 0 fully saturated rings. The van der Waals surface area contributed by atoms with Crippen molar-refractivity contribution in [2.24, 2.45) is 5.92 Å². The molecule has 0 unspecified atom stereocenters. The van der Waals surface area contributed by atoms with Gasteiger partial charge >= 0.3 is 16.3 Å². The second kappa shape index (κ2) is 4.83. The third kappa shape index (κ3) is 8.23. The lowest BCUT2D eigenvalue weighted by molar-refractivity contribution is 0.0222. The Bertz CT molecular complexity index is 310. The summed E-state index contributed by atoms with van der Waals surface area (Å²) in [5, 5.41) is 0. The summed E-state index contributed by atoms with van der Waals surface area (Å²) in [6, 6.07) is 0. The molecule has 6 heteroatoms. The second-order valence-corrected chi connectivity index (χ2v) is 6.28. The Morgan fingerprint density at radius 1 is 1.27 bits per heavy atom. The highest BCUT2D eigenvalue weighted by Gasteiger charge is 2.24. The van der Waals surface area contributed by atoms with Gasteiger partial charge in [0, 0.05) is 0 Å². The van der Waals surface area contributed by atoms with Gasteiger partial charge < -0.3 is 8.92 Å². The lowest BCUT2D eigenvalue weighted by Gasteiger charge is -2.18. The van der Waals surface area contributed by atoms with Crippen LogP contribution < -0.4 is 0 Å². The van der Waals surface area contributed by atoms with Gasteiger partial charge in [0.25, 0.3) is 0 Å². The van der Waals surface area contributed by atoms with Crippen molar-refractivity contribution in [1.82, 2.24) is 0 Å². The fraction of sp³-hybridized carbons (Fsp3) is 0.889. The minimum Gasteiger partial charge on any atom is -0.428 e. The van der Waals surface area contributed by atoms with Crippen molar-refractivity contribution in [2.45, 2.75) is 40.2 Å². The maximum absolute atomic E-state index is 11.2. The van der Waals surface area contributed by atoms with Crippen LogP contribution in [0.15, 0.2) is 0 Å². The van der Waals surface area contributed by atoms with Gasteiger partial charge in [-0.2, -0.15) is 8.42 Å². The Labute approximate surface area is 90.9 Å². The van der Waals surface area contributed by atoms with Crippen LogP contribution >= 0.6 is 0 Å². The van der Waals surface area contributed by atoms with E-state index in [4.69, 9.17) is 4.74 Å². The van der Waals surface area contributed by atoms with E-state index in [-0.39, 0.29) is 11.7 Å². The molecule has 0 atom stereocenters. The van der Waals surface area contributed by atoms with Crippen LogP contribution in [0.2, 0.25) is 0 Å². The van der Waals surface area contributed by atoms with Crippen molar-refractivity contribution in [2.75, 3.05) is 5.75 Å². The fourth-order valence-electron chi connectivity index (χ4n) is 0.813. The van der Waals surface area contributed by atoms with Gasteiger partial charge in [0.1, 0.15) is 5.60 Å². The lowest BCUT2D eigenvalue weighted by atomic mass is 10.2. The molecule has 0 aromatic rings. The average molecular weight is 238 g/mol. The predicted octanol–water partition coefficient (Wildman–Crippen LogP) is 1.92. The molecule has 0 bridgehead atoms. The first-order valence-corrected chi connectivity index (χ1v) is 6.25. The van der Waals surface area contributed by atoms with Crippen LogP contribution in [0.3, 0.4) is 0 Å². The van der Waals surface area contributed by atoms with Gasteiger partial charge in [0.15, 0.2) is 0 Å². The molecule has 15 heavy (non-hydrogen) atoms. The third-order valence-corrected chi connectivity index (χ3v) is 2.59. The van der Waals surface area contributed by atoms with Gasteiger partial charge in [-0.05, 0) is 26.7 Å². The van der Waals surface area contributed by atoms with E-state index in [1.165, 1.54) is 0 Å². The monoisotopic (exact) mass is 238 g/mol. The Balaban J connectivity index is 4.30. The van der Waals surface area contributed by atoms with Gasteiger partial charge in [-0.15, -0.1) is 0 Å². The highest BCUT2D eigenvalue weighted by Crippen LogP contribution is 2.10. The molecule has 0 saturated heterocycles. The van der Waals surface area contributed by atoms with Crippen molar-refractivity contribution >= 4 is 16.3 Å². The van der Waals surface area contributed by atoms with Crippen molar-refractivity contribution in [3.63, 3.8) is 0 Å². The zero-order valence-corrected chi connectivity index (χ0v) is 10.6. The van der Waals surface area contributed by atoms with E-state index in [1.54, 1.807) is 34.6 Å². The summed E-state index contributed by atoms with van der Waals surface area (Å²) in [5.41, 5.74) is -0.759. The molecule has 5 nitrogen and oxygen atoms in total. The summed E-state index contributed by atoms with van der Waals surface area (Å²) < 4.78 is 31.4. The molecule has 0 radical (unpaired) electrons. The van der Waals surface area contributed by atoms with E-state index in [1.807, 2.05) is 0 Å². The molecule has 0 aliphatic carbocycles. The molecule has 0 aromatic heterocycles. The Morgan fingerprint density at radius 3 is 2.07 bits per heavy atom. The molecule has 0 spiro atoms. The second-order valence-electron chi connectivity index (χ2n) is 4.67. The molecule has 0 aromatic carbocycles. The SMILES string of the molecule is CC(C)CS(=O)(=O)OC(=O)OC(C)(C)C. The van der Waals surface area contributed by atoms with Crippen molar-refractivity contribution < 1.29 is 22.1 Å². The Kier molecular flexibility index (Phi) is 4.58. The summed E-state index contributed by atoms with van der Waals surface area (Å²) in [4.78, 5) is 11.0. The molecular formula is C9H18O5S. The Morgan fingerprint density at radius 2 is 1.73 bits per heavy atom. The van der Waals surface area contributed by atoms with Gasteiger partial charge in [0.2, 0.25) is 0 Å². The minimum atomic E-state index is -3.83. The van der Waals surface area contributed by atoms with Gasteiger partial charge in [-0.3, -0.25) is 0 Å². The van der Waals surface area contributed by atoms with Crippen molar-refractivity contribution in [3.8, 4) is 0 Å². The van der Waals surface area contributed by atoms with Gasteiger partial charge in [-0.1, -0.05) is 13.8 Å². The van der Waals surface area contributed by atoms with Crippen LogP contribution in [0.5, 0.6) is 0 Å². The quantitative estimate of drug-likeness (QED) is 0.555. The summed E-state index contributed by atoms with van der Waals surface area (Å²) in [6.07, 6.45) is -1.18. The lowest BCUT2D eigenvalue weighted by Crippen LogP contribution is -2.27. The molecule has 0 aliphatic heterocycles. The fourth-order valence-corrected chi connectivity index (χ4v) is 1.94. The van der Waals surface area contributed by atoms with Crippen LogP contribution in [0.25, 0.3) is 0 Å². The van der Waals surface area contributed by atoms with Crippen LogP contribution in [-0.2, 0) is 19.0 Å². The predicted molar refractivity (Wildman–Crippen MR) is 55.9 cm³/mol. The summed E-state index contributed by atoms with van der Waals surface area (Å²) >= 11 is 0. The highest BCUT2D eigenvalue weighted by molar-refractivity contribution is 7.87. The first-order chi connectivity index (χ1) is 6.52. The molecule has 0 amide bonds. The molecule has 0 saturated carbocycles. The first-order valence-electron chi connectivity index (χ1n) is 4.67. The van der Waals surface area contributed by atoms with Crippen LogP contribution in [0.1, 0.15) is 34.6 Å². The first kappa shape index (κ1) is 14.2. The summed E-state index contributed by atoms with van der Waals surface area (Å²) in [6.45, 7) is 8.32. The van der Waals surface area contributed by atoms with E-state index < -0.39 is 21.9 Å². The van der Waals surface area contributed by atoms with E-state index >= 15 is 0 Å². The van der Waals surface area contributed by atoms with Crippen LogP contribution in [0, 0.1) is 5.92 Å². The minimum absolute atomic E-state index is 0.0996. The zero-order chi connectivity index (χ0) is 12.3. The van der Waals surface area contributed by atoms with Gasteiger partial charge in [0.05, 0.1) is 5.75 Å². The zero-order valence-electron chi connectivity index (χ0n) is 9.73. The smallest absolute Gasteiger partial charge is 0.428 e. The number of ether oxygens (including phenoxy) is 1. The number of hydrogen-bond donors (Lipinski definition) is 0. The highest BCUT2D eigenvalue weighted by atomic mass is 32.2. The molecule has 0 rings (SSSR count). The topological polar surface area (TPSA) is 69.7 Å². The number of rotatable bonds is 3. The third-order valence-electron chi connectivity index (χ3n) is 1.12. The molecular weight excluding hydrogens is 220 g/mol. The number of carbonyl (C=O) groups is 1. The molecule has 90 valence electrons. The van der Waals surface area contributed by atoms with Gasteiger partial charge in [-0.25, -0.2) is 4.79 Å². The number of hydrogen-bond acceptors (Lipinski definition) is 5. The van der Waals surface area contributed by atoms with Crippen LogP contribution in [-0.4, -0.2) is 25.9 Å². The largest absolute Gasteiger partial charge is 0.524 e.